The Bertz CT molecular complexity index is 526. The van der Waals surface area contributed by atoms with E-state index in [1.807, 2.05) is 12.3 Å². The van der Waals surface area contributed by atoms with Crippen molar-refractivity contribution in [2.45, 2.75) is 19.4 Å². The molecule has 0 bridgehead atoms. The second-order valence-electron chi connectivity index (χ2n) is 4.11. The maximum absolute atomic E-state index is 5.96. The van der Waals surface area contributed by atoms with Crippen molar-refractivity contribution in [1.82, 2.24) is 9.97 Å². The van der Waals surface area contributed by atoms with Crippen LogP contribution >= 0.6 is 11.6 Å². The van der Waals surface area contributed by atoms with Crippen molar-refractivity contribution >= 4 is 17.3 Å². The minimum atomic E-state index is 0.659. The summed E-state index contributed by atoms with van der Waals surface area (Å²) in [6.07, 6.45) is 6.99. The van der Waals surface area contributed by atoms with E-state index in [1.165, 1.54) is 6.39 Å². The molecule has 0 spiro atoms. The summed E-state index contributed by atoms with van der Waals surface area (Å²) in [4.78, 5) is 10.6. The quantitative estimate of drug-likeness (QED) is 0.779. The van der Waals surface area contributed by atoms with Gasteiger partial charge in [-0.15, -0.1) is 0 Å². The first-order valence-corrected chi connectivity index (χ1v) is 5.97. The Kier molecular flexibility index (Phi) is 2.73. The highest BCUT2D eigenvalue weighted by molar-refractivity contribution is 6.30. The Balaban J connectivity index is 1.90. The van der Waals surface area contributed by atoms with E-state index >= 15 is 0 Å². The van der Waals surface area contributed by atoms with Gasteiger partial charge >= 0.3 is 0 Å². The minimum absolute atomic E-state index is 0.659. The summed E-state index contributed by atoms with van der Waals surface area (Å²) in [6, 6.07) is 1.93. The molecule has 0 radical (unpaired) electrons. The number of anilines is 1. The summed E-state index contributed by atoms with van der Waals surface area (Å²) in [5, 5.41) is 0.659. The molecule has 4 nitrogen and oxygen atoms in total. The summed E-state index contributed by atoms with van der Waals surface area (Å²) < 4.78 is 5.36. The zero-order valence-corrected chi connectivity index (χ0v) is 10.0. The zero-order chi connectivity index (χ0) is 11.7. The van der Waals surface area contributed by atoms with Crippen molar-refractivity contribution < 1.29 is 4.42 Å². The molecule has 0 aromatic carbocycles. The molecular formula is C12H12ClN3O. The van der Waals surface area contributed by atoms with Crippen molar-refractivity contribution in [3.63, 3.8) is 0 Å². The van der Waals surface area contributed by atoms with Gasteiger partial charge in [-0.1, -0.05) is 11.6 Å². The number of oxazole rings is 1. The molecule has 3 rings (SSSR count). The van der Waals surface area contributed by atoms with E-state index in [9.17, 15) is 0 Å². The number of rotatable bonds is 1. The fourth-order valence-corrected chi connectivity index (χ4v) is 2.28. The fourth-order valence-electron chi connectivity index (χ4n) is 2.11. The predicted molar refractivity (Wildman–Crippen MR) is 65.1 cm³/mol. The van der Waals surface area contributed by atoms with Crippen molar-refractivity contribution in [3.8, 4) is 0 Å². The van der Waals surface area contributed by atoms with E-state index in [1.54, 1.807) is 6.20 Å². The third kappa shape index (κ3) is 2.13. The van der Waals surface area contributed by atoms with Crippen LogP contribution in [0.1, 0.15) is 17.9 Å². The monoisotopic (exact) mass is 249 g/mol. The van der Waals surface area contributed by atoms with Gasteiger partial charge in [0, 0.05) is 19.2 Å². The highest BCUT2D eigenvalue weighted by Crippen LogP contribution is 2.24. The molecule has 88 valence electrons. The second-order valence-corrected chi connectivity index (χ2v) is 4.55. The molecule has 1 aliphatic rings. The number of fused-ring (bicyclic) bond motifs is 1. The predicted octanol–water partition coefficient (Wildman–Crippen LogP) is 2.68. The topological polar surface area (TPSA) is 42.2 Å². The molecule has 5 heteroatoms. The number of pyridine rings is 1. The van der Waals surface area contributed by atoms with Crippen LogP contribution in [0, 0.1) is 0 Å². The Morgan fingerprint density at radius 3 is 3.18 bits per heavy atom. The van der Waals surface area contributed by atoms with Crippen molar-refractivity contribution in [2.75, 3.05) is 11.4 Å². The van der Waals surface area contributed by atoms with Crippen LogP contribution in [-0.2, 0) is 13.0 Å². The van der Waals surface area contributed by atoms with Crippen molar-refractivity contribution in [1.29, 1.82) is 0 Å². The molecular weight excluding hydrogens is 238 g/mol. The van der Waals surface area contributed by atoms with Gasteiger partial charge in [-0.3, -0.25) is 4.98 Å². The van der Waals surface area contributed by atoms with E-state index in [0.29, 0.717) is 5.02 Å². The molecule has 0 unspecified atom stereocenters. The number of aromatic nitrogens is 2. The first-order chi connectivity index (χ1) is 8.33. The zero-order valence-electron chi connectivity index (χ0n) is 9.27. The van der Waals surface area contributed by atoms with Crippen LogP contribution in [0.2, 0.25) is 5.02 Å². The van der Waals surface area contributed by atoms with Crippen LogP contribution in [0.25, 0.3) is 0 Å². The van der Waals surface area contributed by atoms with Gasteiger partial charge in [0.2, 0.25) is 0 Å². The fraction of sp³-hybridized carbons (Fsp3) is 0.333. The van der Waals surface area contributed by atoms with E-state index in [2.05, 4.69) is 14.9 Å². The summed E-state index contributed by atoms with van der Waals surface area (Å²) in [5.74, 6) is 1.00. The van der Waals surface area contributed by atoms with Gasteiger partial charge in [-0.2, -0.15) is 0 Å². The lowest BCUT2D eigenvalue weighted by Crippen LogP contribution is -2.22. The number of aryl methyl sites for hydroxylation is 1. The average molecular weight is 250 g/mol. The highest BCUT2D eigenvalue weighted by Gasteiger charge is 2.18. The normalized spacial score (nSPS) is 15.5. The first-order valence-electron chi connectivity index (χ1n) is 5.59. The summed E-state index contributed by atoms with van der Waals surface area (Å²) in [5.41, 5.74) is 2.05. The molecule has 0 aliphatic carbocycles. The summed E-state index contributed by atoms with van der Waals surface area (Å²) >= 11 is 5.96. The second kappa shape index (κ2) is 4.37. The van der Waals surface area contributed by atoms with Crippen LogP contribution in [0.4, 0.5) is 5.69 Å². The number of nitrogens with zero attached hydrogens (tertiary/aromatic N) is 3. The molecule has 0 N–H and O–H groups in total. The average Bonchev–Trinajstić information content (AvgIpc) is 2.66. The van der Waals surface area contributed by atoms with Crippen LogP contribution in [0.5, 0.6) is 0 Å². The van der Waals surface area contributed by atoms with Gasteiger partial charge in [-0.25, -0.2) is 4.98 Å². The standard InChI is InChI=1S/C12H12ClN3O/c13-9-4-10(6-14-5-9)16-3-1-2-12-11(7-16)15-8-17-12/h4-6,8H,1-3,7H2. The minimum Gasteiger partial charge on any atom is -0.448 e. The summed E-state index contributed by atoms with van der Waals surface area (Å²) in [6.45, 7) is 1.72. The van der Waals surface area contributed by atoms with Gasteiger partial charge in [0.15, 0.2) is 6.39 Å². The molecule has 1 aliphatic heterocycles. The van der Waals surface area contributed by atoms with E-state index in [-0.39, 0.29) is 0 Å². The smallest absolute Gasteiger partial charge is 0.181 e. The molecule has 0 fully saturated rings. The van der Waals surface area contributed by atoms with E-state index in [4.69, 9.17) is 16.0 Å². The van der Waals surface area contributed by atoms with E-state index in [0.717, 1.165) is 43.1 Å². The molecule has 3 heterocycles. The Morgan fingerprint density at radius 2 is 2.29 bits per heavy atom. The van der Waals surface area contributed by atoms with Crippen LogP contribution in [0.3, 0.4) is 0 Å². The maximum Gasteiger partial charge on any atom is 0.181 e. The van der Waals surface area contributed by atoms with Gasteiger partial charge < -0.3 is 9.32 Å². The lowest BCUT2D eigenvalue weighted by molar-refractivity contribution is 0.499. The van der Waals surface area contributed by atoms with Crippen molar-refractivity contribution in [2.24, 2.45) is 0 Å². The maximum atomic E-state index is 5.96. The third-order valence-corrected chi connectivity index (χ3v) is 3.16. The molecule has 0 saturated carbocycles. The van der Waals surface area contributed by atoms with Crippen LogP contribution < -0.4 is 4.90 Å². The number of halogens is 1. The lowest BCUT2D eigenvalue weighted by atomic mass is 10.2. The molecule has 0 amide bonds. The van der Waals surface area contributed by atoms with E-state index < -0.39 is 0 Å². The van der Waals surface area contributed by atoms with Gasteiger partial charge in [0.25, 0.3) is 0 Å². The van der Waals surface area contributed by atoms with Crippen molar-refractivity contribution in [3.05, 3.63) is 41.3 Å². The largest absolute Gasteiger partial charge is 0.448 e. The summed E-state index contributed by atoms with van der Waals surface area (Å²) in [7, 11) is 0. The van der Waals surface area contributed by atoms with Crippen LogP contribution in [0.15, 0.2) is 29.3 Å². The number of hydrogen-bond acceptors (Lipinski definition) is 4. The molecule has 0 atom stereocenters. The highest BCUT2D eigenvalue weighted by atomic mass is 35.5. The number of hydrogen-bond donors (Lipinski definition) is 0. The third-order valence-electron chi connectivity index (χ3n) is 2.95. The SMILES string of the molecule is Clc1cncc(N2CCCc3ocnc3C2)c1. The molecule has 2 aromatic rings. The van der Waals surface area contributed by atoms with Gasteiger partial charge in [0.1, 0.15) is 11.5 Å². The van der Waals surface area contributed by atoms with Gasteiger partial charge in [-0.05, 0) is 12.5 Å². The molecule has 0 saturated heterocycles. The lowest BCUT2D eigenvalue weighted by Gasteiger charge is -2.21. The molecule has 2 aromatic heterocycles. The Labute approximate surface area is 104 Å². The molecule has 17 heavy (non-hydrogen) atoms. The first kappa shape index (κ1) is 10.6. The van der Waals surface area contributed by atoms with Crippen LogP contribution in [-0.4, -0.2) is 16.5 Å². The Morgan fingerprint density at radius 1 is 1.35 bits per heavy atom. The van der Waals surface area contributed by atoms with Gasteiger partial charge in [0.05, 0.1) is 23.5 Å². The Hall–Kier alpha value is -1.55.